The van der Waals surface area contributed by atoms with Crippen LogP contribution in [0.5, 0.6) is 5.75 Å². The first-order valence-electron chi connectivity index (χ1n) is 9.76. The number of halogens is 3. The minimum atomic E-state index is -4.44. The maximum Gasteiger partial charge on any atom is 0.416 e. The summed E-state index contributed by atoms with van der Waals surface area (Å²) < 4.78 is 44.3. The van der Waals surface area contributed by atoms with Crippen molar-refractivity contribution in [3.05, 3.63) is 94.5 Å². The molecule has 4 rings (SSSR count). The van der Waals surface area contributed by atoms with Gasteiger partial charge in [-0.3, -0.25) is 9.59 Å². The Morgan fingerprint density at radius 1 is 1.00 bits per heavy atom. The monoisotopic (exact) mass is 441 g/mol. The average Bonchev–Trinajstić information content (AvgIpc) is 3.09. The molecule has 3 aromatic carbocycles. The highest BCUT2D eigenvalue weighted by atomic mass is 19.4. The van der Waals surface area contributed by atoms with Crippen LogP contribution in [0.15, 0.2) is 66.7 Å². The van der Waals surface area contributed by atoms with Gasteiger partial charge < -0.3 is 14.7 Å². The van der Waals surface area contributed by atoms with E-state index in [4.69, 9.17) is 9.84 Å². The molecule has 1 aliphatic rings. The van der Waals surface area contributed by atoms with Gasteiger partial charge in [0, 0.05) is 11.3 Å². The number of alkyl halides is 3. The minimum absolute atomic E-state index is 0.0750. The fourth-order valence-electron chi connectivity index (χ4n) is 3.61. The summed E-state index contributed by atoms with van der Waals surface area (Å²) in [5.41, 5.74) is 2.32. The van der Waals surface area contributed by atoms with Gasteiger partial charge in [-0.1, -0.05) is 24.3 Å². The van der Waals surface area contributed by atoms with Crippen molar-refractivity contribution in [2.45, 2.75) is 25.7 Å². The Bertz CT molecular complexity index is 1160. The van der Waals surface area contributed by atoms with Crippen LogP contribution in [0.1, 0.15) is 32.6 Å². The van der Waals surface area contributed by atoms with E-state index in [0.29, 0.717) is 22.6 Å². The number of hydrogen-bond donors (Lipinski definition) is 1. The number of carboxylic acids is 1. The van der Waals surface area contributed by atoms with Crippen LogP contribution in [-0.2, 0) is 30.5 Å². The molecule has 1 N–H and O–H groups in total. The zero-order valence-corrected chi connectivity index (χ0v) is 16.7. The fourth-order valence-corrected chi connectivity index (χ4v) is 3.61. The van der Waals surface area contributed by atoms with E-state index in [1.807, 2.05) is 6.07 Å². The zero-order chi connectivity index (χ0) is 22.9. The first kappa shape index (κ1) is 21.4. The number of fused-ring (bicyclic) bond motifs is 1. The lowest BCUT2D eigenvalue weighted by atomic mass is 10.0. The molecule has 0 saturated carbocycles. The molecule has 8 heteroatoms. The molecule has 0 bridgehead atoms. The molecule has 0 spiro atoms. The topological polar surface area (TPSA) is 66.8 Å². The number of rotatable bonds is 6. The standard InChI is InChI=1S/C24H18F3NO4/c25-24(26,27)17-6-8-18(9-7-17)28-13-21-16(2-1-3-20(21)23(28)31)14-32-19-10-4-15(5-11-19)12-22(29)30/h1-11H,12-14H2,(H,29,30). The van der Waals surface area contributed by atoms with E-state index < -0.39 is 17.7 Å². The van der Waals surface area contributed by atoms with Gasteiger partial charge in [0.1, 0.15) is 12.4 Å². The first-order chi connectivity index (χ1) is 15.2. The molecule has 1 amide bonds. The zero-order valence-electron chi connectivity index (χ0n) is 16.7. The molecule has 0 aromatic heterocycles. The fraction of sp³-hybridized carbons (Fsp3) is 0.167. The SMILES string of the molecule is O=C(O)Cc1ccc(OCc2cccc3c2CN(c2ccc(C(F)(F)F)cc2)C3=O)cc1. The smallest absolute Gasteiger partial charge is 0.416 e. The Morgan fingerprint density at radius 2 is 1.69 bits per heavy atom. The summed E-state index contributed by atoms with van der Waals surface area (Å²) in [6, 6.07) is 16.5. The van der Waals surface area contributed by atoms with Crippen molar-refractivity contribution in [3.63, 3.8) is 0 Å². The summed E-state index contributed by atoms with van der Waals surface area (Å²) in [5.74, 6) is -0.638. The molecule has 0 saturated heterocycles. The molecule has 32 heavy (non-hydrogen) atoms. The largest absolute Gasteiger partial charge is 0.489 e. The van der Waals surface area contributed by atoms with Gasteiger partial charge in [-0.05, 0) is 59.2 Å². The number of aliphatic carboxylic acids is 1. The summed E-state index contributed by atoms with van der Waals surface area (Å²) in [5, 5.41) is 8.84. The van der Waals surface area contributed by atoms with Gasteiger partial charge in [-0.25, -0.2) is 0 Å². The highest BCUT2D eigenvalue weighted by Crippen LogP contribution is 2.34. The van der Waals surface area contributed by atoms with Gasteiger partial charge in [0.15, 0.2) is 0 Å². The van der Waals surface area contributed by atoms with Crippen molar-refractivity contribution in [2.24, 2.45) is 0 Å². The number of carboxylic acid groups (broad SMARTS) is 1. The number of ether oxygens (including phenoxy) is 1. The lowest BCUT2D eigenvalue weighted by Crippen LogP contribution is -2.23. The van der Waals surface area contributed by atoms with E-state index in [0.717, 1.165) is 23.3 Å². The van der Waals surface area contributed by atoms with Crippen molar-refractivity contribution in [3.8, 4) is 5.75 Å². The normalized spacial score (nSPS) is 13.2. The second-order valence-electron chi connectivity index (χ2n) is 7.38. The molecule has 164 valence electrons. The number of carbonyl (C=O) groups excluding carboxylic acids is 1. The maximum absolute atomic E-state index is 12.8. The number of nitrogens with zero attached hydrogens (tertiary/aromatic N) is 1. The first-order valence-corrected chi connectivity index (χ1v) is 9.76. The summed E-state index contributed by atoms with van der Waals surface area (Å²) in [4.78, 5) is 25.1. The Morgan fingerprint density at radius 3 is 2.31 bits per heavy atom. The molecular formula is C24H18F3NO4. The lowest BCUT2D eigenvalue weighted by Gasteiger charge is -2.17. The molecule has 0 atom stereocenters. The number of amides is 1. The van der Waals surface area contributed by atoms with Gasteiger partial charge in [-0.2, -0.15) is 13.2 Å². The van der Waals surface area contributed by atoms with Gasteiger partial charge in [0.25, 0.3) is 5.91 Å². The van der Waals surface area contributed by atoms with E-state index in [2.05, 4.69) is 0 Å². The quantitative estimate of drug-likeness (QED) is 0.580. The Labute approximate surface area is 181 Å². The maximum atomic E-state index is 12.8. The Balaban J connectivity index is 1.49. The van der Waals surface area contributed by atoms with Crippen molar-refractivity contribution in [1.82, 2.24) is 0 Å². The third kappa shape index (κ3) is 4.44. The van der Waals surface area contributed by atoms with E-state index in [9.17, 15) is 22.8 Å². The van der Waals surface area contributed by atoms with Crippen LogP contribution in [0.4, 0.5) is 18.9 Å². The van der Waals surface area contributed by atoms with Crippen LogP contribution in [0.3, 0.4) is 0 Å². The summed E-state index contributed by atoms with van der Waals surface area (Å²) in [6.07, 6.45) is -4.51. The van der Waals surface area contributed by atoms with Crippen molar-refractivity contribution in [2.75, 3.05) is 4.90 Å². The highest BCUT2D eigenvalue weighted by Gasteiger charge is 2.33. The van der Waals surface area contributed by atoms with E-state index in [1.54, 1.807) is 36.4 Å². The van der Waals surface area contributed by atoms with Crippen LogP contribution in [0.25, 0.3) is 0 Å². The van der Waals surface area contributed by atoms with Crippen molar-refractivity contribution >= 4 is 17.6 Å². The minimum Gasteiger partial charge on any atom is -0.489 e. The molecule has 1 aliphatic heterocycles. The van der Waals surface area contributed by atoms with Crippen molar-refractivity contribution in [1.29, 1.82) is 0 Å². The molecule has 3 aromatic rings. The number of benzene rings is 3. The van der Waals surface area contributed by atoms with E-state index in [-0.39, 0.29) is 25.5 Å². The molecule has 0 aliphatic carbocycles. The molecular weight excluding hydrogens is 423 g/mol. The van der Waals surface area contributed by atoms with Gasteiger partial charge in [-0.15, -0.1) is 0 Å². The third-order valence-corrected chi connectivity index (χ3v) is 5.24. The predicted octanol–water partition coefficient (Wildman–Crippen LogP) is 5.07. The molecule has 0 fully saturated rings. The van der Waals surface area contributed by atoms with Gasteiger partial charge in [0.2, 0.25) is 0 Å². The molecule has 0 radical (unpaired) electrons. The van der Waals surface area contributed by atoms with Crippen LogP contribution in [0, 0.1) is 0 Å². The summed E-state index contributed by atoms with van der Waals surface area (Å²) in [7, 11) is 0. The predicted molar refractivity (Wildman–Crippen MR) is 111 cm³/mol. The number of carbonyl (C=O) groups is 2. The van der Waals surface area contributed by atoms with Gasteiger partial charge >= 0.3 is 12.1 Å². The van der Waals surface area contributed by atoms with Crippen molar-refractivity contribution < 1.29 is 32.6 Å². The second-order valence-corrected chi connectivity index (χ2v) is 7.38. The number of anilines is 1. The van der Waals surface area contributed by atoms with Crippen LogP contribution in [0.2, 0.25) is 0 Å². The van der Waals surface area contributed by atoms with Crippen LogP contribution < -0.4 is 9.64 Å². The summed E-state index contributed by atoms with van der Waals surface area (Å²) in [6.45, 7) is 0.423. The molecule has 5 nitrogen and oxygen atoms in total. The van der Waals surface area contributed by atoms with Crippen LogP contribution >= 0.6 is 0 Å². The lowest BCUT2D eigenvalue weighted by molar-refractivity contribution is -0.138. The van der Waals surface area contributed by atoms with E-state index in [1.165, 1.54) is 17.0 Å². The van der Waals surface area contributed by atoms with Crippen LogP contribution in [-0.4, -0.2) is 17.0 Å². The summed E-state index contributed by atoms with van der Waals surface area (Å²) >= 11 is 0. The Kier molecular flexibility index (Phi) is 5.61. The van der Waals surface area contributed by atoms with Gasteiger partial charge in [0.05, 0.1) is 18.5 Å². The highest BCUT2D eigenvalue weighted by molar-refractivity contribution is 6.10. The second kappa shape index (κ2) is 8.37. The third-order valence-electron chi connectivity index (χ3n) is 5.24. The molecule has 1 heterocycles. The average molecular weight is 441 g/mol. The Hall–Kier alpha value is -3.81. The molecule has 0 unspecified atom stereocenters. The number of hydrogen-bond acceptors (Lipinski definition) is 3. The van der Waals surface area contributed by atoms with E-state index >= 15 is 0 Å².